The number of hydrogen-bond donors (Lipinski definition) is 7. The van der Waals surface area contributed by atoms with E-state index in [0.717, 1.165) is 53.9 Å². The van der Waals surface area contributed by atoms with Crippen LogP contribution in [0.5, 0.6) is 11.5 Å². The number of benzene rings is 4. The van der Waals surface area contributed by atoms with Crippen LogP contribution < -0.4 is 82.7 Å². The Kier molecular flexibility index (Phi) is 27.5. The summed E-state index contributed by atoms with van der Waals surface area (Å²) in [6.45, 7) is 21.0. The minimum absolute atomic E-state index is 0. The highest BCUT2D eigenvalue weighted by Gasteiger charge is 2.45. The second-order valence-corrected chi connectivity index (χ2v) is 26.1. The number of aromatic carboxylic acids is 1. The molecule has 0 unspecified atom stereocenters. The first-order valence-corrected chi connectivity index (χ1v) is 30.2. The summed E-state index contributed by atoms with van der Waals surface area (Å²) < 4.78 is 103. The number of ether oxygens (including phenoxy) is 4. The van der Waals surface area contributed by atoms with Gasteiger partial charge in [0.25, 0.3) is 17.0 Å². The molecule has 0 aliphatic carbocycles. The fourth-order valence-electron chi connectivity index (χ4n) is 8.80. The lowest BCUT2D eigenvalue weighted by molar-refractivity contribution is -0.409. The zero-order valence-electron chi connectivity index (χ0n) is 56.7. The summed E-state index contributed by atoms with van der Waals surface area (Å²) in [6.07, 6.45) is -7.59. The molecule has 101 heavy (non-hydrogen) atoms. The number of quaternary nitrogens is 1. The van der Waals surface area contributed by atoms with E-state index in [1.54, 1.807) is 45.0 Å². The van der Waals surface area contributed by atoms with E-state index in [1.165, 1.54) is 18.3 Å². The van der Waals surface area contributed by atoms with Crippen LogP contribution in [-0.2, 0) is 54.6 Å². The number of nitrogens with zero attached hydrogens (tertiary/aromatic N) is 7. The van der Waals surface area contributed by atoms with E-state index in [9.17, 15) is 64.7 Å². The van der Waals surface area contributed by atoms with Crippen LogP contribution in [0, 0.1) is 0 Å². The Labute approximate surface area is 586 Å². The zero-order valence-corrected chi connectivity index (χ0v) is 58.2. The molecule has 544 valence electrons. The highest BCUT2D eigenvalue weighted by atomic mass is 35.5. The van der Waals surface area contributed by atoms with Crippen molar-refractivity contribution in [3.63, 3.8) is 0 Å². The van der Waals surface area contributed by atoms with Crippen molar-refractivity contribution in [1.82, 2.24) is 40.2 Å². The Balaban J connectivity index is 0.000000352. The Bertz CT molecular complexity index is 4350. The van der Waals surface area contributed by atoms with Gasteiger partial charge in [-0.3, -0.25) is 43.7 Å². The summed E-state index contributed by atoms with van der Waals surface area (Å²) in [5, 5.41) is 11.6. The van der Waals surface area contributed by atoms with Crippen molar-refractivity contribution >= 4 is 81.2 Å². The van der Waals surface area contributed by atoms with E-state index < -0.39 is 95.1 Å². The van der Waals surface area contributed by atoms with Gasteiger partial charge in [0.05, 0.1) is 30.5 Å². The molecule has 35 heteroatoms. The van der Waals surface area contributed by atoms with Crippen molar-refractivity contribution in [2.45, 2.75) is 156 Å². The molecule has 12 N–H and O–H groups in total. The van der Waals surface area contributed by atoms with Gasteiger partial charge in [-0.05, 0) is 172 Å². The van der Waals surface area contributed by atoms with Gasteiger partial charge in [-0.25, -0.2) is 34.3 Å². The van der Waals surface area contributed by atoms with Gasteiger partial charge in [-0.1, -0.05) is 24.3 Å². The maximum atomic E-state index is 13.7. The number of halogens is 8. The summed E-state index contributed by atoms with van der Waals surface area (Å²) in [5.74, 6) is -6.31. The molecule has 4 aromatic heterocycles. The quantitative estimate of drug-likeness (QED) is 0.0496. The van der Waals surface area contributed by atoms with Crippen molar-refractivity contribution in [3.05, 3.63) is 164 Å². The van der Waals surface area contributed by atoms with Crippen LogP contribution >= 0.6 is 0 Å². The number of H-pyrrole nitrogens is 3. The van der Waals surface area contributed by atoms with Gasteiger partial charge in [0.15, 0.2) is 17.2 Å². The number of nitrogens with two attached hydrogens (primary N) is 2. The first-order chi connectivity index (χ1) is 45.7. The molecule has 27 nitrogen and oxygen atoms in total. The molecule has 8 aromatic rings. The van der Waals surface area contributed by atoms with Crippen LogP contribution in [0.1, 0.15) is 126 Å². The minimum atomic E-state index is -5.26. The van der Waals surface area contributed by atoms with Crippen LogP contribution in [0.3, 0.4) is 0 Å². The first kappa shape index (κ1) is 82.9. The summed E-state index contributed by atoms with van der Waals surface area (Å²) in [6, 6.07) is 22.2. The van der Waals surface area contributed by atoms with E-state index in [1.807, 2.05) is 86.6 Å². The molecule has 2 atom stereocenters. The van der Waals surface area contributed by atoms with Crippen molar-refractivity contribution in [3.8, 4) is 11.5 Å². The van der Waals surface area contributed by atoms with Gasteiger partial charge in [-0.2, -0.15) is 31.3 Å². The molecular weight excluding hydrogens is 1410 g/mol. The fourth-order valence-corrected chi connectivity index (χ4v) is 8.80. The van der Waals surface area contributed by atoms with Gasteiger partial charge < -0.3 is 71.4 Å². The topological polar surface area (TPSA) is 402 Å². The highest BCUT2D eigenvalue weighted by molar-refractivity contribution is 6.00. The van der Waals surface area contributed by atoms with Gasteiger partial charge in [0.1, 0.15) is 51.8 Å². The zero-order chi connectivity index (χ0) is 73.9. The van der Waals surface area contributed by atoms with Crippen LogP contribution in [0.4, 0.5) is 49.6 Å². The number of nitrogen functional groups attached to an aromatic ring is 2. The number of carboxylic acid groups (broad SMARTS) is 1. The number of esters is 2. The van der Waals surface area contributed by atoms with E-state index in [0.29, 0.717) is 27.5 Å². The molecule has 3 amide bonds. The van der Waals surface area contributed by atoms with E-state index in [4.69, 9.17) is 35.5 Å². The molecule has 0 aliphatic rings. The normalized spacial score (nSPS) is 12.3. The predicted octanol–water partition coefficient (Wildman–Crippen LogP) is 1.13. The summed E-state index contributed by atoms with van der Waals surface area (Å²) in [4.78, 5) is 125. The largest absolute Gasteiger partial charge is 1.00 e. The van der Waals surface area contributed by atoms with Gasteiger partial charge in [0.2, 0.25) is 11.5 Å². The number of fused-ring (bicyclic) bond motifs is 2. The average molecular weight is 1490 g/mol. The van der Waals surface area contributed by atoms with E-state index in [2.05, 4.69) is 50.9 Å². The molecular formula is C66H76Cl2F6N14O13. The Hall–Kier alpha value is -10.5. The van der Waals surface area contributed by atoms with Crippen molar-refractivity contribution in [2.75, 3.05) is 21.3 Å². The average Bonchev–Trinajstić information content (AvgIpc) is 0.793. The molecule has 0 spiro atoms. The van der Waals surface area contributed by atoms with Crippen LogP contribution in [0.15, 0.2) is 119 Å². The number of rotatable bonds is 17. The smallest absolute Gasteiger partial charge is 0.471 e. The Morgan fingerprint density at radius 2 is 1.08 bits per heavy atom. The number of aromatic amines is 3. The second kappa shape index (κ2) is 33.5. The molecule has 0 fully saturated rings. The van der Waals surface area contributed by atoms with Crippen LogP contribution in [0.2, 0.25) is 0 Å². The van der Waals surface area contributed by atoms with Crippen molar-refractivity contribution in [2.24, 2.45) is 0 Å². The molecule has 0 bridgehead atoms. The third kappa shape index (κ3) is 25.6. The molecule has 4 heterocycles. The van der Waals surface area contributed by atoms with E-state index in [-0.39, 0.29) is 111 Å². The number of hydrogen-bond acceptors (Lipinski definition) is 19. The number of carbonyl (C=O) groups excluding carboxylic acids is 5. The number of amides is 3. The number of alkyl halides is 6. The maximum absolute atomic E-state index is 13.7. The van der Waals surface area contributed by atoms with Crippen LogP contribution in [0.25, 0.3) is 22.3 Å². The van der Waals surface area contributed by atoms with Crippen molar-refractivity contribution < 1.29 is 115 Å². The SMILES string of the molecule is CC(C)(C)O[14C](=O)[14C@@H]([NH3+])[14CH2][14c]1[14cH]c[14c](OC(C)(C)C)[14cH][14cH]1.CC(C)(C)O[14C](=O)[14C@H]([14CH2][14c]1[14cH]c[14c](OC(C)(C)C)[14cH][14cH]1)NC(=O)c1ccc(N(Cc2c[nH+]c3nc(N)[nH]c(=O)c3n2)C(=O)C(F)(F)F)cc1.Nc1nc2ncc(CN(C(=O)C(F)(F)F)c3ccc(C(=O)O)cc3)nc2c(=O)[nH]1.[Cl-].[Cl-]. The number of aromatic nitrogens is 8. The Morgan fingerprint density at radius 1 is 0.644 bits per heavy atom. The second-order valence-electron chi connectivity index (χ2n) is 26.1. The molecule has 4 aromatic carbocycles. The van der Waals surface area contributed by atoms with Gasteiger partial charge in [-0.15, -0.1) is 0 Å². The van der Waals surface area contributed by atoms with E-state index >= 15 is 0 Å². The number of carbonyl (C=O) groups is 6. The highest BCUT2D eigenvalue weighted by Crippen LogP contribution is 2.29. The standard InChI is InChI=1S/C33H36F3N7O6.C17H27NO3.C16H11F3N6O4.2ClH/c1-31(2,3)48-22-13-7-18(8-14-22)15-23(28(46)49-32(4,5)6)40-26(44)19-9-11-21(12-10-19)43(29(47)33(34,35)36)17-20-16-38-25-24(39-20)27(45)42-30(37)41-25;1-16(2,3)20-13-9-7-12(8-10-13)11-14(18)15(19)21-17(4,5)6;17-16(18,19)14(29)25(9-3-1-7(2-4-9)13(27)28)6-8-5-21-11-10(22-8)12(26)24-15(20)23-11;;/h7-14,16,23H,15,17H2,1-6H3,(H,40,44)(H3,37,38,41,42,45);7-10,14H,11,18H2,1-6H3;1-5H,6H2,(H,27,28)(H3,20,21,23,24,26);2*1H/t23-;14-;;;/m00.../s1/i7+2,8+2,13+2,15+2,18+2,22+2,23+2,28+2;7+2,8+2,9+2,11+2,12+2,13+2,14+2,15+2;;;. The summed E-state index contributed by atoms with van der Waals surface area (Å²) in [7, 11) is 0. The summed E-state index contributed by atoms with van der Waals surface area (Å²) in [5.41, 5.74) is 11.6. The Morgan fingerprint density at radius 3 is 1.52 bits per heavy atom. The third-order valence-electron chi connectivity index (χ3n) is 12.9. The van der Waals surface area contributed by atoms with Crippen LogP contribution in [-0.4, -0.2) is 122 Å². The number of nitrogens with one attached hydrogen (secondary N) is 4. The maximum Gasteiger partial charge on any atom is 0.471 e. The van der Waals surface area contributed by atoms with Crippen molar-refractivity contribution in [1.29, 1.82) is 0 Å². The third-order valence-corrected chi connectivity index (χ3v) is 12.9. The van der Waals surface area contributed by atoms with Gasteiger partial charge >= 0.3 is 53.7 Å². The molecule has 0 radical (unpaired) electrons. The molecule has 0 saturated carbocycles. The predicted molar refractivity (Wildman–Crippen MR) is 349 cm³/mol. The van der Waals surface area contributed by atoms with Gasteiger partial charge in [0, 0.05) is 29.8 Å². The lowest BCUT2D eigenvalue weighted by Gasteiger charge is -2.25. The molecule has 0 aliphatic heterocycles. The molecule has 0 saturated heterocycles. The lowest BCUT2D eigenvalue weighted by Crippen LogP contribution is -3.00. The number of anilines is 4. The molecule has 8 rings (SSSR count). The fraction of sp³-hybridized carbons (Fsp3) is 0.364. The minimum Gasteiger partial charge on any atom is -1.00 e. The summed E-state index contributed by atoms with van der Waals surface area (Å²) >= 11 is 0. The number of carboxylic acids is 1. The monoisotopic (exact) mass is 1490 g/mol. The first-order valence-electron chi connectivity index (χ1n) is 30.2. The lowest BCUT2D eigenvalue weighted by atomic mass is 10.1.